The van der Waals surface area contributed by atoms with E-state index in [2.05, 4.69) is 16.8 Å². The molecule has 5 nitrogen and oxygen atoms in total. The SMILES string of the molecule is CN1CCCC1C1CCCN1C(=O)CCc1ccc2c(c1)OCO2. The Morgan fingerprint density at radius 3 is 2.75 bits per heavy atom. The summed E-state index contributed by atoms with van der Waals surface area (Å²) >= 11 is 0. The number of hydrogen-bond donors (Lipinski definition) is 0. The molecule has 2 fully saturated rings. The predicted molar refractivity (Wildman–Crippen MR) is 91.3 cm³/mol. The molecule has 24 heavy (non-hydrogen) atoms. The maximum absolute atomic E-state index is 12.8. The Labute approximate surface area is 143 Å². The monoisotopic (exact) mass is 330 g/mol. The Hall–Kier alpha value is -1.75. The highest BCUT2D eigenvalue weighted by molar-refractivity contribution is 5.77. The zero-order valence-electron chi connectivity index (χ0n) is 14.4. The summed E-state index contributed by atoms with van der Waals surface area (Å²) < 4.78 is 10.8. The van der Waals surface area contributed by atoms with Gasteiger partial charge in [-0.05, 0) is 63.4 Å². The van der Waals surface area contributed by atoms with Gasteiger partial charge in [-0.15, -0.1) is 0 Å². The van der Waals surface area contributed by atoms with E-state index in [4.69, 9.17) is 9.47 Å². The minimum atomic E-state index is 0.294. The van der Waals surface area contributed by atoms with Gasteiger partial charge < -0.3 is 19.3 Å². The van der Waals surface area contributed by atoms with Crippen LogP contribution in [0.25, 0.3) is 0 Å². The van der Waals surface area contributed by atoms with Crippen molar-refractivity contribution >= 4 is 5.91 Å². The lowest BCUT2D eigenvalue weighted by molar-refractivity contribution is -0.132. The van der Waals surface area contributed by atoms with Gasteiger partial charge in [0.1, 0.15) is 0 Å². The average molecular weight is 330 g/mol. The van der Waals surface area contributed by atoms with Crippen LogP contribution in [0.15, 0.2) is 18.2 Å². The van der Waals surface area contributed by atoms with Crippen LogP contribution in [0.3, 0.4) is 0 Å². The summed E-state index contributed by atoms with van der Waals surface area (Å²) in [5, 5.41) is 0. The van der Waals surface area contributed by atoms with E-state index in [0.29, 0.717) is 31.2 Å². The van der Waals surface area contributed by atoms with Crippen molar-refractivity contribution in [3.8, 4) is 11.5 Å². The average Bonchev–Trinajstić information content (AvgIpc) is 3.31. The normalized spacial score (nSPS) is 26.3. The number of likely N-dealkylation sites (N-methyl/N-ethyl adjacent to an activating group) is 1. The van der Waals surface area contributed by atoms with Gasteiger partial charge in [-0.1, -0.05) is 6.07 Å². The molecule has 2 unspecified atom stereocenters. The number of amides is 1. The highest BCUT2D eigenvalue weighted by atomic mass is 16.7. The number of carbonyl (C=O) groups excluding carboxylic acids is 1. The number of ether oxygens (including phenoxy) is 2. The summed E-state index contributed by atoms with van der Waals surface area (Å²) in [7, 11) is 2.20. The molecule has 0 saturated carbocycles. The summed E-state index contributed by atoms with van der Waals surface area (Å²) in [6.45, 7) is 2.39. The van der Waals surface area contributed by atoms with Gasteiger partial charge in [0.15, 0.2) is 11.5 Å². The van der Waals surface area contributed by atoms with E-state index < -0.39 is 0 Å². The van der Waals surface area contributed by atoms with Crippen molar-refractivity contribution in [1.82, 2.24) is 9.80 Å². The first-order valence-electron chi connectivity index (χ1n) is 9.10. The van der Waals surface area contributed by atoms with E-state index in [1.165, 1.54) is 19.4 Å². The quantitative estimate of drug-likeness (QED) is 0.850. The smallest absolute Gasteiger partial charge is 0.231 e. The molecule has 3 aliphatic rings. The van der Waals surface area contributed by atoms with E-state index >= 15 is 0 Å². The number of hydrogen-bond acceptors (Lipinski definition) is 4. The molecule has 1 amide bonds. The highest BCUT2D eigenvalue weighted by Crippen LogP contribution is 2.33. The molecule has 0 aromatic heterocycles. The number of carbonyl (C=O) groups is 1. The Balaban J connectivity index is 1.37. The van der Waals surface area contributed by atoms with Crippen LogP contribution in [-0.2, 0) is 11.2 Å². The Kier molecular flexibility index (Phi) is 4.35. The van der Waals surface area contributed by atoms with Crippen molar-refractivity contribution in [2.75, 3.05) is 26.9 Å². The highest BCUT2D eigenvalue weighted by Gasteiger charge is 2.38. The maximum atomic E-state index is 12.8. The van der Waals surface area contributed by atoms with Crippen molar-refractivity contribution < 1.29 is 14.3 Å². The standard InChI is InChI=1S/C19H26N2O3/c1-20-10-2-4-15(20)16-5-3-11-21(16)19(22)9-7-14-6-8-17-18(12-14)24-13-23-17/h6,8,12,15-16H,2-5,7,9-11,13H2,1H3. The van der Waals surface area contributed by atoms with E-state index in [0.717, 1.165) is 42.9 Å². The first kappa shape index (κ1) is 15.8. The van der Waals surface area contributed by atoms with Crippen LogP contribution in [0, 0.1) is 0 Å². The van der Waals surface area contributed by atoms with Crippen LogP contribution < -0.4 is 9.47 Å². The third-order valence-electron chi connectivity index (χ3n) is 5.71. The van der Waals surface area contributed by atoms with Gasteiger partial charge in [-0.25, -0.2) is 0 Å². The second-order valence-electron chi connectivity index (χ2n) is 7.17. The molecule has 3 heterocycles. The van der Waals surface area contributed by atoms with Gasteiger partial charge in [0.05, 0.1) is 0 Å². The minimum Gasteiger partial charge on any atom is -0.454 e. The molecule has 5 heteroatoms. The van der Waals surface area contributed by atoms with Crippen LogP contribution in [-0.4, -0.2) is 54.7 Å². The Morgan fingerprint density at radius 1 is 1.12 bits per heavy atom. The van der Waals surface area contributed by atoms with Crippen molar-refractivity contribution in [3.05, 3.63) is 23.8 Å². The first-order chi connectivity index (χ1) is 11.7. The molecule has 130 valence electrons. The van der Waals surface area contributed by atoms with E-state index in [1.807, 2.05) is 18.2 Å². The van der Waals surface area contributed by atoms with E-state index in [-0.39, 0.29) is 0 Å². The molecule has 1 aromatic carbocycles. The second kappa shape index (κ2) is 6.63. The summed E-state index contributed by atoms with van der Waals surface area (Å²) in [5.74, 6) is 1.90. The molecule has 1 aromatic rings. The van der Waals surface area contributed by atoms with E-state index in [1.54, 1.807) is 0 Å². The summed E-state index contributed by atoms with van der Waals surface area (Å²) in [4.78, 5) is 17.4. The molecular formula is C19H26N2O3. The Bertz CT molecular complexity index is 619. The molecule has 4 rings (SSSR count). The molecule has 2 atom stereocenters. The molecule has 2 saturated heterocycles. The molecule has 0 radical (unpaired) electrons. The zero-order chi connectivity index (χ0) is 16.5. The van der Waals surface area contributed by atoms with Gasteiger partial charge >= 0.3 is 0 Å². The Morgan fingerprint density at radius 2 is 1.92 bits per heavy atom. The zero-order valence-corrected chi connectivity index (χ0v) is 14.4. The van der Waals surface area contributed by atoms with Crippen LogP contribution in [0.4, 0.5) is 0 Å². The lowest BCUT2D eigenvalue weighted by atomic mass is 10.0. The minimum absolute atomic E-state index is 0.294. The van der Waals surface area contributed by atoms with Gasteiger partial charge in [0, 0.05) is 25.0 Å². The van der Waals surface area contributed by atoms with Crippen LogP contribution >= 0.6 is 0 Å². The van der Waals surface area contributed by atoms with Crippen molar-refractivity contribution in [2.45, 2.75) is 50.6 Å². The largest absolute Gasteiger partial charge is 0.454 e. The van der Waals surface area contributed by atoms with Gasteiger partial charge in [0.25, 0.3) is 0 Å². The van der Waals surface area contributed by atoms with Crippen LogP contribution in [0.2, 0.25) is 0 Å². The number of rotatable bonds is 4. The third kappa shape index (κ3) is 2.97. The molecule has 0 bridgehead atoms. The molecule has 0 spiro atoms. The molecule has 3 aliphatic heterocycles. The van der Waals surface area contributed by atoms with Crippen LogP contribution in [0.5, 0.6) is 11.5 Å². The molecule has 0 N–H and O–H groups in total. The molecule has 0 aliphatic carbocycles. The first-order valence-corrected chi connectivity index (χ1v) is 9.10. The lowest BCUT2D eigenvalue weighted by Gasteiger charge is -2.33. The van der Waals surface area contributed by atoms with E-state index in [9.17, 15) is 4.79 Å². The van der Waals surface area contributed by atoms with Crippen molar-refractivity contribution in [1.29, 1.82) is 0 Å². The topological polar surface area (TPSA) is 42.0 Å². The number of likely N-dealkylation sites (tertiary alicyclic amines) is 2. The maximum Gasteiger partial charge on any atom is 0.231 e. The number of fused-ring (bicyclic) bond motifs is 1. The molecular weight excluding hydrogens is 304 g/mol. The van der Waals surface area contributed by atoms with Crippen LogP contribution in [0.1, 0.15) is 37.7 Å². The van der Waals surface area contributed by atoms with Crippen molar-refractivity contribution in [3.63, 3.8) is 0 Å². The predicted octanol–water partition coefficient (Wildman–Crippen LogP) is 2.43. The summed E-state index contributed by atoms with van der Waals surface area (Å²) in [6.07, 6.45) is 6.13. The summed E-state index contributed by atoms with van der Waals surface area (Å²) in [5.41, 5.74) is 1.14. The fourth-order valence-corrected chi connectivity index (χ4v) is 4.42. The second-order valence-corrected chi connectivity index (χ2v) is 7.17. The number of nitrogens with zero attached hydrogens (tertiary/aromatic N) is 2. The van der Waals surface area contributed by atoms with Crippen molar-refractivity contribution in [2.24, 2.45) is 0 Å². The van der Waals surface area contributed by atoms with Gasteiger partial charge in [-0.3, -0.25) is 4.79 Å². The number of benzene rings is 1. The fourth-order valence-electron chi connectivity index (χ4n) is 4.42. The fraction of sp³-hybridized carbons (Fsp3) is 0.632. The number of aryl methyl sites for hydroxylation is 1. The lowest BCUT2D eigenvalue weighted by Crippen LogP contribution is -2.47. The summed E-state index contributed by atoms with van der Waals surface area (Å²) in [6, 6.07) is 6.95. The van der Waals surface area contributed by atoms with Gasteiger partial charge in [-0.2, -0.15) is 0 Å². The third-order valence-corrected chi connectivity index (χ3v) is 5.71. The van der Waals surface area contributed by atoms with Gasteiger partial charge in [0.2, 0.25) is 12.7 Å².